The Labute approximate surface area is 139 Å². The summed E-state index contributed by atoms with van der Waals surface area (Å²) >= 11 is 0. The van der Waals surface area contributed by atoms with Crippen molar-refractivity contribution in [3.8, 4) is 0 Å². The molecule has 124 valence electrons. The van der Waals surface area contributed by atoms with Gasteiger partial charge < -0.3 is 16.0 Å². The van der Waals surface area contributed by atoms with Crippen LogP contribution in [0.25, 0.3) is 0 Å². The number of halogens is 1. The quantitative estimate of drug-likeness (QED) is 0.883. The number of likely N-dealkylation sites (tertiary alicyclic amines) is 1. The molecule has 2 fully saturated rings. The topological polar surface area (TPSA) is 71.2 Å². The average molecular weight is 326 g/mol. The number of nitrogens with zero attached hydrogens (tertiary/aromatic N) is 2. The molecule has 0 spiro atoms. The second-order valence-corrected chi connectivity index (χ2v) is 6.51. The van der Waals surface area contributed by atoms with Crippen LogP contribution in [0.5, 0.6) is 0 Å². The number of rotatable bonds is 2. The Bertz CT molecular complexity index is 781. The number of benzene rings is 1. The predicted octanol–water partition coefficient (Wildman–Crippen LogP) is 1.84. The van der Waals surface area contributed by atoms with Crippen LogP contribution in [-0.2, 0) is 0 Å². The molecular formula is C18H19FN4O. The van der Waals surface area contributed by atoms with Gasteiger partial charge in [0.2, 0.25) is 0 Å². The molecule has 2 aliphatic heterocycles. The number of carbonyl (C=O) groups is 1. The minimum absolute atomic E-state index is 0.0761. The van der Waals surface area contributed by atoms with Crippen LogP contribution in [0.4, 0.5) is 10.2 Å². The molecule has 24 heavy (non-hydrogen) atoms. The summed E-state index contributed by atoms with van der Waals surface area (Å²) in [5, 5.41) is 3.39. The number of amides is 1. The predicted molar refractivity (Wildman–Crippen MR) is 88.7 cm³/mol. The van der Waals surface area contributed by atoms with Crippen LogP contribution >= 0.6 is 0 Å². The Morgan fingerprint density at radius 3 is 2.96 bits per heavy atom. The number of pyridine rings is 1. The molecule has 2 aromatic rings. The molecule has 2 aliphatic rings. The van der Waals surface area contributed by atoms with Gasteiger partial charge in [-0.15, -0.1) is 0 Å². The Kier molecular flexibility index (Phi) is 3.69. The Hall–Kier alpha value is -2.47. The number of fused-ring (bicyclic) bond motifs is 1. The van der Waals surface area contributed by atoms with E-state index in [-0.39, 0.29) is 17.8 Å². The van der Waals surface area contributed by atoms with Gasteiger partial charge >= 0.3 is 0 Å². The van der Waals surface area contributed by atoms with Crippen LogP contribution in [0.1, 0.15) is 22.0 Å². The van der Waals surface area contributed by atoms with E-state index in [1.807, 2.05) is 11.0 Å². The lowest BCUT2D eigenvalue weighted by Gasteiger charge is -2.28. The molecule has 4 rings (SSSR count). The van der Waals surface area contributed by atoms with Gasteiger partial charge in [-0.05, 0) is 35.7 Å². The lowest BCUT2D eigenvalue weighted by atomic mass is 9.89. The van der Waals surface area contributed by atoms with Gasteiger partial charge in [0.15, 0.2) is 0 Å². The van der Waals surface area contributed by atoms with Gasteiger partial charge in [-0.3, -0.25) is 4.79 Å². The van der Waals surface area contributed by atoms with Crippen LogP contribution in [0.3, 0.4) is 0 Å². The van der Waals surface area contributed by atoms with Crippen LogP contribution in [0.2, 0.25) is 0 Å². The maximum absolute atomic E-state index is 13.7. The fourth-order valence-corrected chi connectivity index (χ4v) is 3.99. The van der Waals surface area contributed by atoms with Crippen molar-refractivity contribution in [3.63, 3.8) is 0 Å². The number of hydrogen-bond acceptors (Lipinski definition) is 4. The van der Waals surface area contributed by atoms with E-state index in [9.17, 15) is 9.18 Å². The summed E-state index contributed by atoms with van der Waals surface area (Å²) in [6.07, 6.45) is 1.54. The van der Waals surface area contributed by atoms with E-state index in [4.69, 9.17) is 5.73 Å². The maximum Gasteiger partial charge on any atom is 0.254 e. The molecule has 0 saturated carbocycles. The van der Waals surface area contributed by atoms with Gasteiger partial charge in [-0.2, -0.15) is 0 Å². The Morgan fingerprint density at radius 2 is 2.17 bits per heavy atom. The van der Waals surface area contributed by atoms with Crippen molar-refractivity contribution >= 4 is 11.7 Å². The van der Waals surface area contributed by atoms with E-state index >= 15 is 0 Å². The fraction of sp³-hybridized carbons (Fsp3) is 0.333. The number of nitrogens with one attached hydrogen (secondary N) is 1. The molecule has 6 heteroatoms. The second kappa shape index (κ2) is 5.87. The van der Waals surface area contributed by atoms with Crippen LogP contribution < -0.4 is 11.1 Å². The largest absolute Gasteiger partial charge is 0.384 e. The number of nitrogen functional groups attached to an aromatic ring is 1. The van der Waals surface area contributed by atoms with Gasteiger partial charge in [0.1, 0.15) is 11.6 Å². The van der Waals surface area contributed by atoms with Crippen molar-refractivity contribution in [1.29, 1.82) is 0 Å². The zero-order chi connectivity index (χ0) is 16.7. The first kappa shape index (κ1) is 15.1. The third-order valence-electron chi connectivity index (χ3n) is 5.04. The summed E-state index contributed by atoms with van der Waals surface area (Å²) in [6.45, 7) is 2.40. The Balaban J connectivity index is 1.71. The van der Waals surface area contributed by atoms with E-state index in [2.05, 4.69) is 10.3 Å². The summed E-state index contributed by atoms with van der Waals surface area (Å²) in [4.78, 5) is 18.8. The standard InChI is InChI=1S/C18H19FN4O/c19-14-3-1-2-11(6-14)17-15-9-21-8-13(15)10-23(17)18(24)12-4-5-22-16(20)7-12/h1-7,13,15,17,21H,8-10H2,(H2,20,22)/t13-,15-,17+/m0/s1. The number of carbonyl (C=O) groups excluding carboxylic acids is 1. The molecule has 0 unspecified atom stereocenters. The molecule has 0 aliphatic carbocycles. The minimum Gasteiger partial charge on any atom is -0.384 e. The highest BCUT2D eigenvalue weighted by Gasteiger charge is 2.46. The van der Waals surface area contributed by atoms with Crippen molar-refractivity contribution in [2.45, 2.75) is 6.04 Å². The lowest BCUT2D eigenvalue weighted by Crippen LogP contribution is -2.34. The van der Waals surface area contributed by atoms with Crippen molar-refractivity contribution in [2.75, 3.05) is 25.4 Å². The Morgan fingerprint density at radius 1 is 1.29 bits per heavy atom. The van der Waals surface area contributed by atoms with Crippen molar-refractivity contribution in [3.05, 3.63) is 59.5 Å². The van der Waals surface area contributed by atoms with Gasteiger partial charge in [0.05, 0.1) is 6.04 Å². The molecular weight excluding hydrogens is 307 g/mol. The van der Waals surface area contributed by atoms with Gasteiger partial charge in [-0.25, -0.2) is 9.37 Å². The molecule has 3 heterocycles. The monoisotopic (exact) mass is 326 g/mol. The first-order chi connectivity index (χ1) is 11.6. The second-order valence-electron chi connectivity index (χ2n) is 6.51. The molecule has 3 N–H and O–H groups in total. The zero-order valence-corrected chi connectivity index (χ0v) is 13.2. The number of aromatic nitrogens is 1. The summed E-state index contributed by atoms with van der Waals surface area (Å²) in [5.41, 5.74) is 7.08. The molecule has 1 aromatic heterocycles. The number of hydrogen-bond donors (Lipinski definition) is 2. The highest BCUT2D eigenvalue weighted by molar-refractivity contribution is 5.95. The summed E-state index contributed by atoms with van der Waals surface area (Å²) in [5.74, 6) is 0.663. The van der Waals surface area contributed by atoms with Crippen molar-refractivity contribution < 1.29 is 9.18 Å². The summed E-state index contributed by atoms with van der Waals surface area (Å²) < 4.78 is 13.7. The van der Waals surface area contributed by atoms with E-state index in [1.54, 1.807) is 18.2 Å². The molecule has 5 nitrogen and oxygen atoms in total. The highest BCUT2D eigenvalue weighted by Crippen LogP contribution is 2.43. The normalized spacial score (nSPS) is 25.7. The smallest absolute Gasteiger partial charge is 0.254 e. The molecule has 0 bridgehead atoms. The lowest BCUT2D eigenvalue weighted by molar-refractivity contribution is 0.0713. The van der Waals surface area contributed by atoms with E-state index < -0.39 is 0 Å². The maximum atomic E-state index is 13.7. The van der Waals surface area contributed by atoms with E-state index in [0.29, 0.717) is 29.8 Å². The first-order valence-corrected chi connectivity index (χ1v) is 8.12. The average Bonchev–Trinajstić information content (AvgIpc) is 3.14. The first-order valence-electron chi connectivity index (χ1n) is 8.12. The van der Waals surface area contributed by atoms with Crippen molar-refractivity contribution in [1.82, 2.24) is 15.2 Å². The molecule has 1 amide bonds. The van der Waals surface area contributed by atoms with Crippen LogP contribution in [-0.4, -0.2) is 35.4 Å². The molecule has 2 saturated heterocycles. The molecule has 0 radical (unpaired) electrons. The highest BCUT2D eigenvalue weighted by atomic mass is 19.1. The summed E-state index contributed by atoms with van der Waals surface area (Å²) in [7, 11) is 0. The zero-order valence-electron chi connectivity index (χ0n) is 13.2. The summed E-state index contributed by atoms with van der Waals surface area (Å²) in [6, 6.07) is 9.71. The molecule has 3 atom stereocenters. The van der Waals surface area contributed by atoms with Crippen molar-refractivity contribution in [2.24, 2.45) is 11.8 Å². The van der Waals surface area contributed by atoms with Gasteiger partial charge in [0, 0.05) is 37.3 Å². The van der Waals surface area contributed by atoms with Gasteiger partial charge in [-0.1, -0.05) is 12.1 Å². The fourth-order valence-electron chi connectivity index (χ4n) is 3.99. The van der Waals surface area contributed by atoms with E-state index in [0.717, 1.165) is 18.7 Å². The SMILES string of the molecule is Nc1cc(C(=O)N2C[C@@H]3CNC[C@@H]3[C@H]2c2cccc(F)c2)ccn1. The third-order valence-corrected chi connectivity index (χ3v) is 5.04. The van der Waals surface area contributed by atoms with Crippen LogP contribution in [0, 0.1) is 17.7 Å². The molecule has 1 aromatic carbocycles. The minimum atomic E-state index is -0.275. The number of anilines is 1. The third kappa shape index (κ3) is 2.53. The van der Waals surface area contributed by atoms with Crippen LogP contribution in [0.15, 0.2) is 42.6 Å². The van der Waals surface area contributed by atoms with Gasteiger partial charge in [0.25, 0.3) is 5.91 Å². The van der Waals surface area contributed by atoms with E-state index in [1.165, 1.54) is 18.3 Å². The number of nitrogens with two attached hydrogens (primary N) is 1.